The number of hydrogen-bond acceptors (Lipinski definition) is 10. The van der Waals surface area contributed by atoms with E-state index in [1.165, 1.54) is 19.3 Å². The second-order valence-corrected chi connectivity index (χ2v) is 10.0. The SMILES string of the molecule is O=C(O)CC(O)(CC(=O)O)C(=O)O.c1ccc(CN(Cc2cnc(N3CCCCC3)nc2)CC2CCCO2)nc1. The monoisotopic (exact) mass is 559 g/mol. The van der Waals surface area contributed by atoms with Gasteiger partial charge in [0, 0.05) is 63.5 Å². The Hall–Kier alpha value is -3.68. The Kier molecular flexibility index (Phi) is 11.7. The lowest BCUT2D eigenvalue weighted by atomic mass is 9.96. The van der Waals surface area contributed by atoms with Crippen molar-refractivity contribution in [1.82, 2.24) is 19.9 Å². The molecular weight excluding hydrogens is 522 g/mol. The third-order valence-electron chi connectivity index (χ3n) is 6.62. The average Bonchev–Trinajstić information content (AvgIpc) is 3.43. The highest BCUT2D eigenvalue weighted by Crippen LogP contribution is 2.19. The van der Waals surface area contributed by atoms with Gasteiger partial charge >= 0.3 is 17.9 Å². The number of pyridine rings is 1. The van der Waals surface area contributed by atoms with Gasteiger partial charge < -0.3 is 30.1 Å². The first kappa shape index (κ1) is 30.9. The van der Waals surface area contributed by atoms with Gasteiger partial charge in [-0.25, -0.2) is 14.8 Å². The van der Waals surface area contributed by atoms with Crippen LogP contribution >= 0.6 is 0 Å². The minimum Gasteiger partial charge on any atom is -0.481 e. The molecule has 13 heteroatoms. The Balaban J connectivity index is 0.000000289. The number of aliphatic carboxylic acids is 3. The van der Waals surface area contributed by atoms with E-state index >= 15 is 0 Å². The zero-order valence-electron chi connectivity index (χ0n) is 22.4. The van der Waals surface area contributed by atoms with Gasteiger partial charge in [0.15, 0.2) is 5.60 Å². The summed E-state index contributed by atoms with van der Waals surface area (Å²) in [5.41, 5.74) is -0.511. The van der Waals surface area contributed by atoms with E-state index in [1.54, 1.807) is 0 Å². The van der Waals surface area contributed by atoms with E-state index in [-0.39, 0.29) is 0 Å². The maximum absolute atomic E-state index is 10.3. The third kappa shape index (κ3) is 10.1. The number of aliphatic hydroxyl groups is 1. The zero-order chi connectivity index (χ0) is 29.0. The molecule has 0 aliphatic carbocycles. The molecule has 0 amide bonds. The van der Waals surface area contributed by atoms with Gasteiger partial charge in [-0.3, -0.25) is 19.5 Å². The summed E-state index contributed by atoms with van der Waals surface area (Å²) >= 11 is 0. The molecule has 2 saturated heterocycles. The van der Waals surface area contributed by atoms with Gasteiger partial charge in [0.25, 0.3) is 0 Å². The van der Waals surface area contributed by atoms with Crippen molar-refractivity contribution in [2.75, 3.05) is 31.1 Å². The molecule has 0 saturated carbocycles. The molecule has 2 aliphatic heterocycles. The Morgan fingerprint density at radius 1 is 0.950 bits per heavy atom. The quantitative estimate of drug-likeness (QED) is 0.295. The Bertz CT molecular complexity index is 1070. The molecule has 1 atom stereocenters. The molecule has 2 aromatic rings. The Morgan fingerprint density at radius 3 is 2.15 bits per heavy atom. The van der Waals surface area contributed by atoms with E-state index in [4.69, 9.17) is 25.2 Å². The van der Waals surface area contributed by atoms with Crippen LogP contribution < -0.4 is 4.90 Å². The maximum atomic E-state index is 10.3. The molecule has 1 unspecified atom stereocenters. The number of ether oxygens (including phenoxy) is 1. The lowest BCUT2D eigenvalue weighted by Gasteiger charge is -2.27. The molecule has 2 fully saturated rings. The number of aromatic nitrogens is 3. The first-order chi connectivity index (χ1) is 19.1. The van der Waals surface area contributed by atoms with E-state index in [2.05, 4.69) is 30.8 Å². The Labute approximate surface area is 232 Å². The van der Waals surface area contributed by atoms with Gasteiger partial charge in [-0.05, 0) is 44.2 Å². The predicted molar refractivity (Wildman–Crippen MR) is 143 cm³/mol. The molecule has 2 aromatic heterocycles. The molecule has 0 spiro atoms. The minimum atomic E-state index is -2.74. The van der Waals surface area contributed by atoms with Crippen LogP contribution in [0.5, 0.6) is 0 Å². The van der Waals surface area contributed by atoms with Crippen molar-refractivity contribution in [3.63, 3.8) is 0 Å². The number of rotatable bonds is 12. The molecule has 218 valence electrons. The highest BCUT2D eigenvalue weighted by molar-refractivity contribution is 5.88. The van der Waals surface area contributed by atoms with Crippen LogP contribution in [0.1, 0.15) is 56.2 Å². The molecular formula is C27H37N5O8. The average molecular weight is 560 g/mol. The molecule has 2 aliphatic rings. The minimum absolute atomic E-state index is 0.322. The number of piperidine rings is 1. The van der Waals surface area contributed by atoms with Crippen molar-refractivity contribution in [2.24, 2.45) is 0 Å². The molecule has 4 heterocycles. The third-order valence-corrected chi connectivity index (χ3v) is 6.62. The van der Waals surface area contributed by atoms with E-state index < -0.39 is 36.4 Å². The van der Waals surface area contributed by atoms with Crippen molar-refractivity contribution < 1.29 is 39.5 Å². The molecule has 0 radical (unpaired) electrons. The fourth-order valence-electron chi connectivity index (χ4n) is 4.64. The maximum Gasteiger partial charge on any atom is 0.336 e. The summed E-state index contributed by atoms with van der Waals surface area (Å²) in [5.74, 6) is -4.15. The highest BCUT2D eigenvalue weighted by atomic mass is 16.5. The second-order valence-electron chi connectivity index (χ2n) is 10.0. The topological polar surface area (TPSA) is 187 Å². The van der Waals surface area contributed by atoms with Gasteiger partial charge in [-0.1, -0.05) is 6.07 Å². The van der Waals surface area contributed by atoms with Crippen molar-refractivity contribution >= 4 is 23.9 Å². The fourth-order valence-corrected chi connectivity index (χ4v) is 4.64. The lowest BCUT2D eigenvalue weighted by molar-refractivity contribution is -0.170. The van der Waals surface area contributed by atoms with Crippen molar-refractivity contribution in [3.05, 3.63) is 48.0 Å². The van der Waals surface area contributed by atoms with Crippen LogP contribution in [0.4, 0.5) is 5.95 Å². The molecule has 0 bridgehead atoms. The van der Waals surface area contributed by atoms with E-state index in [9.17, 15) is 14.4 Å². The number of carboxylic acid groups (broad SMARTS) is 3. The first-order valence-corrected chi connectivity index (χ1v) is 13.3. The van der Waals surface area contributed by atoms with Crippen molar-refractivity contribution in [2.45, 2.75) is 69.7 Å². The fraction of sp³-hybridized carbons (Fsp3) is 0.556. The van der Waals surface area contributed by atoms with E-state index in [0.717, 1.165) is 69.4 Å². The highest BCUT2D eigenvalue weighted by Gasteiger charge is 2.40. The normalized spacial score (nSPS) is 17.2. The van der Waals surface area contributed by atoms with Crippen LogP contribution in [0.3, 0.4) is 0 Å². The molecule has 0 aromatic carbocycles. The number of anilines is 1. The smallest absolute Gasteiger partial charge is 0.336 e. The van der Waals surface area contributed by atoms with E-state index in [1.807, 2.05) is 30.7 Å². The molecule has 4 rings (SSSR count). The number of carbonyl (C=O) groups is 3. The van der Waals surface area contributed by atoms with Crippen LogP contribution in [0.2, 0.25) is 0 Å². The standard InChI is InChI=1S/C21H29N5O.C6H8O7/c1-4-10-26(11-5-1)21-23-13-18(14-24-21)15-25(17-20-8-6-12-27-20)16-19-7-2-3-9-22-19;7-3(8)1-6(13,5(11)12)2-4(9)10/h2-3,7,9,13-14,20H,1,4-6,8,10-12,15-17H2;13H,1-2H2,(H,7,8)(H,9,10)(H,11,12). The van der Waals surface area contributed by atoms with Crippen molar-refractivity contribution in [3.8, 4) is 0 Å². The summed E-state index contributed by atoms with van der Waals surface area (Å²) in [6.45, 7) is 5.58. The molecule has 4 N–H and O–H groups in total. The molecule has 13 nitrogen and oxygen atoms in total. The second kappa shape index (κ2) is 15.2. The first-order valence-electron chi connectivity index (χ1n) is 13.3. The van der Waals surface area contributed by atoms with Gasteiger partial charge in [0.05, 0.1) is 24.6 Å². The van der Waals surface area contributed by atoms with Gasteiger partial charge in [0.1, 0.15) is 0 Å². The number of hydrogen-bond donors (Lipinski definition) is 4. The van der Waals surface area contributed by atoms with Crippen LogP contribution in [-0.4, -0.2) is 96.1 Å². The van der Waals surface area contributed by atoms with Gasteiger partial charge in [-0.2, -0.15) is 0 Å². The summed E-state index contributed by atoms with van der Waals surface area (Å²) in [6, 6.07) is 6.09. The van der Waals surface area contributed by atoms with Crippen LogP contribution in [0, 0.1) is 0 Å². The number of carboxylic acids is 3. The summed E-state index contributed by atoms with van der Waals surface area (Å²) in [7, 11) is 0. The van der Waals surface area contributed by atoms with Crippen LogP contribution in [-0.2, 0) is 32.2 Å². The van der Waals surface area contributed by atoms with Crippen LogP contribution in [0.25, 0.3) is 0 Å². The summed E-state index contributed by atoms with van der Waals surface area (Å²) < 4.78 is 5.86. The van der Waals surface area contributed by atoms with E-state index in [0.29, 0.717) is 6.10 Å². The Morgan fingerprint density at radius 2 is 1.62 bits per heavy atom. The van der Waals surface area contributed by atoms with Crippen molar-refractivity contribution in [1.29, 1.82) is 0 Å². The largest absolute Gasteiger partial charge is 0.481 e. The summed E-state index contributed by atoms with van der Waals surface area (Å²) in [6.07, 6.45) is 9.96. The molecule has 40 heavy (non-hydrogen) atoms. The summed E-state index contributed by atoms with van der Waals surface area (Å²) in [5, 5.41) is 33.8. The lowest BCUT2D eigenvalue weighted by Crippen LogP contribution is -2.42. The van der Waals surface area contributed by atoms with Gasteiger partial charge in [0.2, 0.25) is 5.95 Å². The van der Waals surface area contributed by atoms with Crippen LogP contribution in [0.15, 0.2) is 36.8 Å². The van der Waals surface area contributed by atoms with Gasteiger partial charge in [-0.15, -0.1) is 0 Å². The summed E-state index contributed by atoms with van der Waals surface area (Å²) in [4.78, 5) is 48.9. The predicted octanol–water partition coefficient (Wildman–Crippen LogP) is 1.79. The number of nitrogens with zero attached hydrogens (tertiary/aromatic N) is 5. The zero-order valence-corrected chi connectivity index (χ0v) is 22.4.